The first-order valence-corrected chi connectivity index (χ1v) is 3.03. The molecule has 0 rings (SSSR count). The number of carboxylic acids is 2. The normalized spacial score (nSPS) is 14.8. The third-order valence-electron chi connectivity index (χ3n) is 1.26. The van der Waals surface area contributed by atoms with Gasteiger partial charge in [-0.3, -0.25) is 4.79 Å². The molecule has 0 aliphatic heterocycles. The van der Waals surface area contributed by atoms with Gasteiger partial charge in [0.15, 0.2) is 5.60 Å². The van der Waals surface area contributed by atoms with Crippen LogP contribution in [0.4, 0.5) is 0 Å². The predicted octanol–water partition coefficient (Wildman–Crippen LogP) is -1.13. The molecule has 0 aliphatic carbocycles. The van der Waals surface area contributed by atoms with E-state index < -0.39 is 30.4 Å². The minimum absolute atomic E-state index is 0.164. The van der Waals surface area contributed by atoms with Gasteiger partial charge >= 0.3 is 11.9 Å². The first-order chi connectivity index (χ1) is 5.42. The fraction of sp³-hybridized carbons (Fsp3) is 0.500. The van der Waals surface area contributed by atoms with Crippen LogP contribution in [0.25, 0.3) is 0 Å². The smallest absolute Gasteiger partial charge is 0.336 e. The fourth-order valence-corrected chi connectivity index (χ4v) is 0.623. The number of aliphatic hydroxyl groups is 1. The maximum Gasteiger partial charge on any atom is 0.336 e. The van der Waals surface area contributed by atoms with Crippen molar-refractivity contribution in [2.24, 2.45) is 0 Å². The number of carbonyl (C=O) groups is 3. The summed E-state index contributed by atoms with van der Waals surface area (Å²) < 4.78 is 0. The van der Waals surface area contributed by atoms with Gasteiger partial charge in [0, 0.05) is 6.42 Å². The van der Waals surface area contributed by atoms with Crippen LogP contribution in [0.15, 0.2) is 0 Å². The highest BCUT2D eigenvalue weighted by atomic mass is 16.4. The molecule has 68 valence electrons. The molecule has 0 aromatic rings. The van der Waals surface area contributed by atoms with Crippen molar-refractivity contribution in [1.29, 1.82) is 0 Å². The highest BCUT2D eigenvalue weighted by molar-refractivity contribution is 5.86. The molecule has 6 heteroatoms. The molecular formula is C6H8O6. The van der Waals surface area contributed by atoms with E-state index in [1.807, 2.05) is 0 Å². The second-order valence-electron chi connectivity index (χ2n) is 2.28. The largest absolute Gasteiger partial charge is 0.481 e. The third-order valence-corrected chi connectivity index (χ3v) is 1.26. The van der Waals surface area contributed by atoms with E-state index >= 15 is 0 Å². The SMILES string of the molecule is O=CC[C@@](O)(CC(=O)O)C(=O)O. The lowest BCUT2D eigenvalue weighted by Crippen LogP contribution is -2.41. The second-order valence-corrected chi connectivity index (χ2v) is 2.28. The maximum absolute atomic E-state index is 10.3. The van der Waals surface area contributed by atoms with Crippen LogP contribution in [0.2, 0.25) is 0 Å². The monoisotopic (exact) mass is 176 g/mol. The lowest BCUT2D eigenvalue weighted by Gasteiger charge is -2.17. The molecule has 0 aromatic carbocycles. The number of hydrogen-bond acceptors (Lipinski definition) is 4. The Balaban J connectivity index is 4.49. The summed E-state index contributed by atoms with van der Waals surface area (Å²) in [5, 5.41) is 25.6. The number of carboxylic acid groups (broad SMARTS) is 2. The van der Waals surface area contributed by atoms with E-state index in [0.29, 0.717) is 0 Å². The first kappa shape index (κ1) is 10.6. The Morgan fingerprint density at radius 3 is 2.08 bits per heavy atom. The maximum atomic E-state index is 10.3. The Morgan fingerprint density at radius 1 is 1.33 bits per heavy atom. The van der Waals surface area contributed by atoms with Crippen LogP contribution in [-0.4, -0.2) is 39.1 Å². The van der Waals surface area contributed by atoms with Crippen molar-refractivity contribution in [3.8, 4) is 0 Å². The van der Waals surface area contributed by atoms with Crippen LogP contribution in [0.1, 0.15) is 12.8 Å². The Kier molecular flexibility index (Phi) is 3.36. The molecule has 0 fully saturated rings. The van der Waals surface area contributed by atoms with Gasteiger partial charge in [-0.2, -0.15) is 0 Å². The highest BCUT2D eigenvalue weighted by Crippen LogP contribution is 2.13. The molecule has 6 nitrogen and oxygen atoms in total. The summed E-state index contributed by atoms with van der Waals surface area (Å²) in [4.78, 5) is 30.2. The van der Waals surface area contributed by atoms with Crippen molar-refractivity contribution in [2.45, 2.75) is 18.4 Å². The van der Waals surface area contributed by atoms with Crippen molar-refractivity contribution in [2.75, 3.05) is 0 Å². The van der Waals surface area contributed by atoms with Gasteiger partial charge in [0.1, 0.15) is 6.29 Å². The van der Waals surface area contributed by atoms with E-state index in [-0.39, 0.29) is 6.29 Å². The lowest BCUT2D eigenvalue weighted by molar-refractivity contribution is -0.166. The van der Waals surface area contributed by atoms with Crippen LogP contribution >= 0.6 is 0 Å². The Bertz CT molecular complexity index is 210. The average Bonchev–Trinajstić information content (AvgIpc) is 1.85. The van der Waals surface area contributed by atoms with Crippen LogP contribution in [0, 0.1) is 0 Å². The van der Waals surface area contributed by atoms with Crippen LogP contribution in [0.3, 0.4) is 0 Å². The van der Waals surface area contributed by atoms with Gasteiger partial charge < -0.3 is 20.1 Å². The lowest BCUT2D eigenvalue weighted by atomic mass is 9.97. The first-order valence-electron chi connectivity index (χ1n) is 3.03. The zero-order valence-corrected chi connectivity index (χ0v) is 6.06. The Labute approximate surface area is 67.4 Å². The number of carbonyl (C=O) groups excluding carboxylic acids is 1. The number of rotatable bonds is 5. The Morgan fingerprint density at radius 2 is 1.83 bits per heavy atom. The molecule has 0 aliphatic rings. The molecule has 1 atom stereocenters. The summed E-state index contributed by atoms with van der Waals surface area (Å²) in [7, 11) is 0. The van der Waals surface area contributed by atoms with Gasteiger partial charge in [-0.15, -0.1) is 0 Å². The predicted molar refractivity (Wildman–Crippen MR) is 35.5 cm³/mol. The summed E-state index contributed by atoms with van der Waals surface area (Å²) in [5.74, 6) is -3.18. The van der Waals surface area contributed by atoms with Crippen molar-refractivity contribution < 1.29 is 29.7 Å². The molecule has 0 radical (unpaired) electrons. The molecule has 3 N–H and O–H groups in total. The van der Waals surface area contributed by atoms with E-state index in [2.05, 4.69) is 0 Å². The molecule has 0 amide bonds. The van der Waals surface area contributed by atoms with Gasteiger partial charge in [0.05, 0.1) is 6.42 Å². The van der Waals surface area contributed by atoms with Gasteiger partial charge in [0.2, 0.25) is 0 Å². The van der Waals surface area contributed by atoms with E-state index in [1.165, 1.54) is 0 Å². The molecule has 0 bridgehead atoms. The van der Waals surface area contributed by atoms with Gasteiger partial charge in [-0.1, -0.05) is 0 Å². The minimum atomic E-state index is -2.48. The van der Waals surface area contributed by atoms with E-state index in [4.69, 9.17) is 15.3 Å². The number of aldehydes is 1. The molecule has 0 saturated heterocycles. The quantitative estimate of drug-likeness (QED) is 0.457. The molecular weight excluding hydrogens is 168 g/mol. The molecule has 0 aromatic heterocycles. The summed E-state index contributed by atoms with van der Waals surface area (Å²) in [5.41, 5.74) is -2.48. The average molecular weight is 176 g/mol. The van der Waals surface area contributed by atoms with Crippen LogP contribution in [-0.2, 0) is 14.4 Å². The van der Waals surface area contributed by atoms with Gasteiger partial charge in [-0.05, 0) is 0 Å². The number of aliphatic carboxylic acids is 2. The van der Waals surface area contributed by atoms with Crippen molar-refractivity contribution in [1.82, 2.24) is 0 Å². The summed E-state index contributed by atoms with van der Waals surface area (Å²) in [6, 6.07) is 0. The number of hydrogen-bond donors (Lipinski definition) is 3. The fourth-order valence-electron chi connectivity index (χ4n) is 0.623. The van der Waals surface area contributed by atoms with E-state index in [0.717, 1.165) is 0 Å². The van der Waals surface area contributed by atoms with E-state index in [1.54, 1.807) is 0 Å². The molecule has 12 heavy (non-hydrogen) atoms. The second kappa shape index (κ2) is 3.82. The van der Waals surface area contributed by atoms with Crippen LogP contribution in [0.5, 0.6) is 0 Å². The Hall–Kier alpha value is -1.43. The highest BCUT2D eigenvalue weighted by Gasteiger charge is 2.37. The topological polar surface area (TPSA) is 112 Å². The zero-order valence-electron chi connectivity index (χ0n) is 6.06. The standard InChI is InChI=1S/C6H8O6/c7-2-1-6(12,5(10)11)3-4(8)9/h2,12H,1,3H2,(H,8,9)(H,10,11)/t6-/m1/s1. The minimum Gasteiger partial charge on any atom is -0.481 e. The summed E-state index contributed by atoms with van der Waals surface area (Å²) in [6.45, 7) is 0. The molecule has 0 unspecified atom stereocenters. The molecule has 0 spiro atoms. The van der Waals surface area contributed by atoms with Crippen molar-refractivity contribution in [3.05, 3.63) is 0 Å². The van der Waals surface area contributed by atoms with Crippen molar-refractivity contribution >= 4 is 18.2 Å². The van der Waals surface area contributed by atoms with Gasteiger partial charge in [-0.25, -0.2) is 4.79 Å². The third kappa shape index (κ3) is 2.67. The van der Waals surface area contributed by atoms with E-state index in [9.17, 15) is 14.4 Å². The summed E-state index contributed by atoms with van der Waals surface area (Å²) in [6.07, 6.45) is -1.55. The molecule has 0 saturated carbocycles. The van der Waals surface area contributed by atoms with Crippen LogP contribution < -0.4 is 0 Å². The van der Waals surface area contributed by atoms with Gasteiger partial charge in [0.25, 0.3) is 0 Å². The zero-order chi connectivity index (χ0) is 9.78. The van der Waals surface area contributed by atoms with Crippen molar-refractivity contribution in [3.63, 3.8) is 0 Å². The summed E-state index contributed by atoms with van der Waals surface area (Å²) >= 11 is 0. The molecule has 0 heterocycles.